The lowest BCUT2D eigenvalue weighted by Gasteiger charge is -2.26. The van der Waals surface area contributed by atoms with Crippen molar-refractivity contribution in [3.8, 4) is 0 Å². The molecule has 1 unspecified atom stereocenters. The predicted octanol–water partition coefficient (Wildman–Crippen LogP) is 3.26. The number of nitrogens with zero attached hydrogens (tertiary/aromatic N) is 2. The Labute approximate surface area is 100 Å². The van der Waals surface area contributed by atoms with Gasteiger partial charge >= 0.3 is 0 Å². The first-order chi connectivity index (χ1) is 7.68. The molecule has 1 atom stereocenters. The molecule has 1 aromatic carbocycles. The zero-order valence-electron chi connectivity index (χ0n) is 9.31. The van der Waals surface area contributed by atoms with Gasteiger partial charge < -0.3 is 9.88 Å². The largest absolute Gasteiger partial charge is 0.366 e. The highest BCUT2D eigenvalue weighted by Gasteiger charge is 2.13. The lowest BCUT2D eigenvalue weighted by atomic mass is 10.2. The molecule has 0 aliphatic heterocycles. The zero-order chi connectivity index (χ0) is 11.5. The first kappa shape index (κ1) is 11.0. The van der Waals surface area contributed by atoms with Crippen molar-refractivity contribution >= 4 is 17.3 Å². The van der Waals surface area contributed by atoms with Crippen LogP contribution < -0.4 is 4.90 Å². The first-order valence-electron chi connectivity index (χ1n) is 5.15. The molecule has 1 N–H and O–H groups in total. The summed E-state index contributed by atoms with van der Waals surface area (Å²) in [5.74, 6) is 0. The van der Waals surface area contributed by atoms with Gasteiger partial charge in [-0.1, -0.05) is 17.7 Å². The summed E-state index contributed by atoms with van der Waals surface area (Å²) < 4.78 is 0. The molecule has 0 spiro atoms. The van der Waals surface area contributed by atoms with Crippen LogP contribution in [-0.2, 0) is 0 Å². The average Bonchev–Trinajstić information content (AvgIpc) is 2.80. The summed E-state index contributed by atoms with van der Waals surface area (Å²) in [7, 11) is 2.04. The van der Waals surface area contributed by atoms with Crippen molar-refractivity contribution in [2.45, 2.75) is 13.0 Å². The average molecular weight is 236 g/mol. The van der Waals surface area contributed by atoms with Gasteiger partial charge in [-0.3, -0.25) is 0 Å². The Balaban J connectivity index is 2.22. The number of aromatic nitrogens is 2. The van der Waals surface area contributed by atoms with E-state index in [0.717, 1.165) is 16.4 Å². The highest BCUT2D eigenvalue weighted by atomic mass is 35.5. The van der Waals surface area contributed by atoms with Crippen molar-refractivity contribution in [2.75, 3.05) is 11.9 Å². The van der Waals surface area contributed by atoms with E-state index in [0.29, 0.717) is 0 Å². The minimum absolute atomic E-state index is 0.237. The number of halogens is 1. The van der Waals surface area contributed by atoms with E-state index in [2.05, 4.69) is 21.8 Å². The molecule has 3 nitrogen and oxygen atoms in total. The van der Waals surface area contributed by atoms with E-state index in [9.17, 15) is 0 Å². The summed E-state index contributed by atoms with van der Waals surface area (Å²) in [4.78, 5) is 9.30. The lowest BCUT2D eigenvalue weighted by Crippen LogP contribution is -2.21. The fourth-order valence-electron chi connectivity index (χ4n) is 1.62. The monoisotopic (exact) mass is 235 g/mol. The highest BCUT2D eigenvalue weighted by Crippen LogP contribution is 2.25. The number of anilines is 1. The molecule has 0 saturated heterocycles. The van der Waals surface area contributed by atoms with Gasteiger partial charge in [0, 0.05) is 17.8 Å². The molecule has 1 aromatic heterocycles. The van der Waals surface area contributed by atoms with E-state index in [1.165, 1.54) is 0 Å². The van der Waals surface area contributed by atoms with Crippen LogP contribution in [0.5, 0.6) is 0 Å². The van der Waals surface area contributed by atoms with Crippen LogP contribution in [-0.4, -0.2) is 17.0 Å². The topological polar surface area (TPSA) is 31.9 Å². The maximum absolute atomic E-state index is 5.97. The Morgan fingerprint density at radius 3 is 2.88 bits per heavy atom. The minimum Gasteiger partial charge on any atom is -0.366 e. The number of rotatable bonds is 3. The number of hydrogen-bond donors (Lipinski definition) is 1. The van der Waals surface area contributed by atoms with E-state index < -0.39 is 0 Å². The molecule has 0 aliphatic carbocycles. The molecule has 4 heteroatoms. The standard InChI is InChI=1S/C12H14ClN3/c1-9(12-7-14-8-15-12)16(2)11-5-3-4-10(13)6-11/h3-9H,1-2H3,(H,14,15). The van der Waals surface area contributed by atoms with Crippen LogP contribution in [0.2, 0.25) is 5.02 Å². The third-order valence-electron chi connectivity index (χ3n) is 2.77. The fourth-order valence-corrected chi connectivity index (χ4v) is 1.81. The van der Waals surface area contributed by atoms with Gasteiger partial charge in [0.15, 0.2) is 0 Å². The molecule has 2 rings (SSSR count). The van der Waals surface area contributed by atoms with Gasteiger partial charge in [0.2, 0.25) is 0 Å². The van der Waals surface area contributed by atoms with E-state index in [1.807, 2.05) is 37.5 Å². The predicted molar refractivity (Wildman–Crippen MR) is 66.9 cm³/mol. The molecule has 16 heavy (non-hydrogen) atoms. The Bertz CT molecular complexity index is 453. The first-order valence-corrected chi connectivity index (χ1v) is 5.53. The van der Waals surface area contributed by atoms with Gasteiger partial charge in [0.25, 0.3) is 0 Å². The molecule has 0 amide bonds. The van der Waals surface area contributed by atoms with E-state index >= 15 is 0 Å². The van der Waals surface area contributed by atoms with Crippen LogP contribution in [0.4, 0.5) is 5.69 Å². The second-order valence-electron chi connectivity index (χ2n) is 3.77. The van der Waals surface area contributed by atoms with E-state index in [1.54, 1.807) is 6.33 Å². The number of nitrogens with one attached hydrogen (secondary N) is 1. The second-order valence-corrected chi connectivity index (χ2v) is 4.21. The molecule has 0 saturated carbocycles. The van der Waals surface area contributed by atoms with Crippen LogP contribution in [0.25, 0.3) is 0 Å². The Hall–Kier alpha value is -1.48. The number of H-pyrrole nitrogens is 1. The molecular weight excluding hydrogens is 222 g/mol. The normalized spacial score (nSPS) is 12.4. The number of aromatic amines is 1. The number of imidazole rings is 1. The van der Waals surface area contributed by atoms with Crippen molar-refractivity contribution in [3.05, 3.63) is 47.5 Å². The Kier molecular flexibility index (Phi) is 3.15. The quantitative estimate of drug-likeness (QED) is 0.886. The lowest BCUT2D eigenvalue weighted by molar-refractivity contribution is 0.719. The second kappa shape index (κ2) is 4.58. The van der Waals surface area contributed by atoms with Crippen molar-refractivity contribution in [2.24, 2.45) is 0 Å². The summed E-state index contributed by atoms with van der Waals surface area (Å²) in [6.45, 7) is 2.12. The number of hydrogen-bond acceptors (Lipinski definition) is 2. The van der Waals surface area contributed by atoms with Crippen molar-refractivity contribution < 1.29 is 0 Å². The third-order valence-corrected chi connectivity index (χ3v) is 3.00. The van der Waals surface area contributed by atoms with Gasteiger partial charge in [-0.05, 0) is 25.1 Å². The van der Waals surface area contributed by atoms with Crippen molar-refractivity contribution in [1.29, 1.82) is 0 Å². The fraction of sp³-hybridized carbons (Fsp3) is 0.250. The molecular formula is C12H14ClN3. The molecule has 84 valence electrons. The maximum Gasteiger partial charge on any atom is 0.0922 e. The van der Waals surface area contributed by atoms with Gasteiger partial charge in [-0.2, -0.15) is 0 Å². The van der Waals surface area contributed by atoms with Crippen LogP contribution in [0.3, 0.4) is 0 Å². The summed E-state index contributed by atoms with van der Waals surface area (Å²) in [5, 5.41) is 0.751. The molecule has 1 heterocycles. The summed E-state index contributed by atoms with van der Waals surface area (Å²) >= 11 is 5.97. The van der Waals surface area contributed by atoms with Crippen LogP contribution >= 0.6 is 11.6 Å². The summed E-state index contributed by atoms with van der Waals surface area (Å²) in [5.41, 5.74) is 2.18. The molecule has 0 aliphatic rings. The number of benzene rings is 1. The van der Waals surface area contributed by atoms with Crippen LogP contribution in [0.1, 0.15) is 18.7 Å². The summed E-state index contributed by atoms with van der Waals surface area (Å²) in [6.07, 6.45) is 3.53. The smallest absolute Gasteiger partial charge is 0.0922 e. The third kappa shape index (κ3) is 2.19. The van der Waals surface area contributed by atoms with Crippen molar-refractivity contribution in [3.63, 3.8) is 0 Å². The van der Waals surface area contributed by atoms with Crippen LogP contribution in [0, 0.1) is 0 Å². The minimum atomic E-state index is 0.237. The van der Waals surface area contributed by atoms with Crippen LogP contribution in [0.15, 0.2) is 36.8 Å². The summed E-state index contributed by atoms with van der Waals surface area (Å²) in [6, 6.07) is 8.06. The van der Waals surface area contributed by atoms with Gasteiger partial charge in [-0.25, -0.2) is 4.98 Å². The molecule has 0 radical (unpaired) electrons. The van der Waals surface area contributed by atoms with E-state index in [4.69, 9.17) is 11.6 Å². The van der Waals surface area contributed by atoms with Gasteiger partial charge in [-0.15, -0.1) is 0 Å². The van der Waals surface area contributed by atoms with Gasteiger partial charge in [0.05, 0.1) is 24.3 Å². The zero-order valence-corrected chi connectivity index (χ0v) is 10.1. The highest BCUT2D eigenvalue weighted by molar-refractivity contribution is 6.30. The Morgan fingerprint density at radius 1 is 1.44 bits per heavy atom. The van der Waals surface area contributed by atoms with Gasteiger partial charge in [0.1, 0.15) is 0 Å². The Morgan fingerprint density at radius 2 is 2.25 bits per heavy atom. The maximum atomic E-state index is 5.97. The molecule has 0 bridgehead atoms. The molecule has 2 aromatic rings. The van der Waals surface area contributed by atoms with Crippen molar-refractivity contribution in [1.82, 2.24) is 9.97 Å². The SMILES string of the molecule is CC(c1cnc[nH]1)N(C)c1cccc(Cl)c1. The molecule has 0 fully saturated rings. The van der Waals surface area contributed by atoms with E-state index in [-0.39, 0.29) is 6.04 Å².